The largest absolute Gasteiger partial charge is 0.479 e. The van der Waals surface area contributed by atoms with E-state index in [1.165, 1.54) is 18.2 Å². The van der Waals surface area contributed by atoms with E-state index in [0.29, 0.717) is 21.7 Å². The Kier molecular flexibility index (Phi) is 10.5. The first-order valence-electron chi connectivity index (χ1n) is 12.2. The highest BCUT2D eigenvalue weighted by Gasteiger charge is 2.24. The van der Waals surface area contributed by atoms with E-state index in [1.54, 1.807) is 38.1 Å². The highest BCUT2D eigenvalue weighted by atomic mass is 35.5. The van der Waals surface area contributed by atoms with Crippen LogP contribution in [0.1, 0.15) is 36.3 Å². The van der Waals surface area contributed by atoms with Gasteiger partial charge in [0, 0.05) is 23.0 Å². The molecule has 3 rings (SSSR count). The maximum atomic E-state index is 14.2. The number of carbonyl (C=O) groups excluding carboxylic acids is 2. The summed E-state index contributed by atoms with van der Waals surface area (Å²) in [7, 11) is 0. The van der Waals surface area contributed by atoms with Crippen molar-refractivity contribution in [1.29, 1.82) is 0 Å². The highest BCUT2D eigenvalue weighted by Crippen LogP contribution is 2.26. The maximum absolute atomic E-state index is 14.2. The van der Waals surface area contributed by atoms with E-state index in [9.17, 15) is 23.9 Å². The molecular weight excluding hydrogens is 549 g/mol. The number of halogens is 2. The lowest BCUT2D eigenvalue weighted by Crippen LogP contribution is -2.40. The van der Waals surface area contributed by atoms with Crippen LogP contribution in [0.3, 0.4) is 0 Å². The van der Waals surface area contributed by atoms with Gasteiger partial charge in [0.05, 0.1) is 0 Å². The Morgan fingerprint density at radius 1 is 1.18 bits per heavy atom. The molecule has 3 aromatic rings. The summed E-state index contributed by atoms with van der Waals surface area (Å²) in [5, 5.41) is 29.4. The number of rotatable bonds is 13. The fourth-order valence-corrected chi connectivity index (χ4v) is 3.74. The zero-order valence-corrected chi connectivity index (χ0v) is 22.4. The van der Waals surface area contributed by atoms with Crippen molar-refractivity contribution in [3.8, 4) is 11.1 Å². The van der Waals surface area contributed by atoms with E-state index < -0.39 is 48.6 Å². The molecule has 0 aliphatic carbocycles. The van der Waals surface area contributed by atoms with Crippen molar-refractivity contribution in [2.45, 2.75) is 44.9 Å². The van der Waals surface area contributed by atoms with Crippen molar-refractivity contribution < 1.29 is 38.6 Å². The first kappa shape index (κ1) is 30.5. The second-order valence-electron chi connectivity index (χ2n) is 9.27. The van der Waals surface area contributed by atoms with Crippen molar-refractivity contribution in [2.75, 3.05) is 6.79 Å². The lowest BCUT2D eigenvalue weighted by Gasteiger charge is -2.20. The van der Waals surface area contributed by atoms with Crippen LogP contribution >= 0.6 is 11.6 Å². The fraction of sp³-hybridized carbons (Fsp3) is 0.346. The molecule has 40 heavy (non-hydrogen) atoms. The highest BCUT2D eigenvalue weighted by molar-refractivity contribution is 6.30. The van der Waals surface area contributed by atoms with Gasteiger partial charge in [-0.2, -0.15) is 0 Å². The molecule has 1 heterocycles. The number of aromatic nitrogens is 3. The molecule has 214 valence electrons. The molecule has 1 amide bonds. The minimum atomic E-state index is -1.74. The summed E-state index contributed by atoms with van der Waals surface area (Å²) in [5.74, 6) is -3.41. The van der Waals surface area contributed by atoms with Gasteiger partial charge < -0.3 is 30.8 Å². The molecule has 12 nitrogen and oxygen atoms in total. The number of nitrogens with one attached hydrogen (secondary N) is 1. The van der Waals surface area contributed by atoms with Crippen LogP contribution in [0.4, 0.5) is 4.39 Å². The van der Waals surface area contributed by atoms with E-state index in [4.69, 9.17) is 32.0 Å². The predicted molar refractivity (Wildman–Crippen MR) is 140 cm³/mol. The molecule has 0 saturated heterocycles. The zero-order valence-electron chi connectivity index (χ0n) is 21.7. The number of carboxylic acids is 1. The van der Waals surface area contributed by atoms with Crippen molar-refractivity contribution in [1.82, 2.24) is 20.5 Å². The van der Waals surface area contributed by atoms with Gasteiger partial charge >= 0.3 is 11.9 Å². The molecular formula is C26H29ClFN5O7. The van der Waals surface area contributed by atoms with Crippen LogP contribution in [0, 0.1) is 11.7 Å². The summed E-state index contributed by atoms with van der Waals surface area (Å²) in [4.78, 5) is 41.8. The van der Waals surface area contributed by atoms with Crippen LogP contribution in [0.15, 0.2) is 48.7 Å². The zero-order chi connectivity index (χ0) is 29.4. The topological polar surface area (TPSA) is 179 Å². The molecule has 0 aliphatic heterocycles. The molecule has 0 fully saturated rings. The van der Waals surface area contributed by atoms with Gasteiger partial charge in [-0.1, -0.05) is 54.6 Å². The number of nitrogens with two attached hydrogens (primary N) is 1. The average Bonchev–Trinajstić information content (AvgIpc) is 3.39. The molecule has 0 bridgehead atoms. The van der Waals surface area contributed by atoms with E-state index in [0.717, 1.165) is 11.0 Å². The standard InChI is InChI=1S/C26H29ClFN5O7/c1-14(2)23(29)26(38)39-13-40-33-12-21(31-32-33)24(35)30-18(11-22(34)25(36)37)9-15-3-5-16(6-4-15)19-10-17(27)7-8-20(19)28/h3-8,10,12,14,18,22-23,34H,9,11,13,29H2,1-2H3,(H,30,35)(H,36,37). The number of carboxylic acid groups (broad SMARTS) is 1. The minimum absolute atomic E-state index is 0.134. The van der Waals surface area contributed by atoms with E-state index >= 15 is 0 Å². The van der Waals surface area contributed by atoms with Crippen molar-refractivity contribution in [2.24, 2.45) is 11.7 Å². The molecule has 5 N–H and O–H groups in total. The first-order valence-corrected chi connectivity index (χ1v) is 12.6. The number of ether oxygens (including phenoxy) is 1. The van der Waals surface area contributed by atoms with Gasteiger partial charge in [-0.15, -0.1) is 5.10 Å². The monoisotopic (exact) mass is 577 g/mol. The minimum Gasteiger partial charge on any atom is -0.479 e. The number of hydrogen-bond donors (Lipinski definition) is 4. The Bertz CT molecular complexity index is 1340. The fourth-order valence-electron chi connectivity index (χ4n) is 3.57. The Morgan fingerprint density at radius 3 is 2.52 bits per heavy atom. The van der Waals surface area contributed by atoms with Crippen LogP contribution in [0.5, 0.6) is 0 Å². The van der Waals surface area contributed by atoms with Gasteiger partial charge in [-0.3, -0.25) is 9.59 Å². The van der Waals surface area contributed by atoms with Crippen molar-refractivity contribution in [3.63, 3.8) is 0 Å². The molecule has 0 spiro atoms. The van der Waals surface area contributed by atoms with Crippen LogP contribution < -0.4 is 15.9 Å². The van der Waals surface area contributed by atoms with Gasteiger partial charge in [0.15, 0.2) is 11.8 Å². The Morgan fingerprint density at radius 2 is 1.88 bits per heavy atom. The van der Waals surface area contributed by atoms with Gasteiger partial charge in [0.1, 0.15) is 18.1 Å². The van der Waals surface area contributed by atoms with Crippen LogP contribution in [0.25, 0.3) is 11.1 Å². The van der Waals surface area contributed by atoms with Crippen molar-refractivity contribution >= 4 is 29.4 Å². The van der Waals surface area contributed by atoms with Gasteiger partial charge in [0.2, 0.25) is 0 Å². The number of carbonyl (C=O) groups is 3. The number of esters is 1. The predicted octanol–water partition coefficient (Wildman–Crippen LogP) is 1.83. The summed E-state index contributed by atoms with van der Waals surface area (Å²) in [6.07, 6.45) is -0.769. The summed E-state index contributed by atoms with van der Waals surface area (Å²) in [6.45, 7) is 3.00. The Hall–Kier alpha value is -4.07. The summed E-state index contributed by atoms with van der Waals surface area (Å²) < 4.78 is 19.1. The Balaban J connectivity index is 1.65. The molecule has 0 radical (unpaired) electrons. The van der Waals surface area contributed by atoms with E-state index in [-0.39, 0.29) is 24.5 Å². The van der Waals surface area contributed by atoms with Crippen LogP contribution in [0.2, 0.25) is 5.02 Å². The SMILES string of the molecule is CC(C)C(N)C(=O)OCOn1cc(C(=O)NC(Cc2ccc(-c3cc(Cl)ccc3F)cc2)CC(O)C(=O)O)nn1. The number of aliphatic hydroxyl groups excluding tert-OH is 1. The smallest absolute Gasteiger partial charge is 0.332 e. The first-order chi connectivity index (χ1) is 18.9. The molecule has 0 saturated carbocycles. The number of benzene rings is 2. The number of amides is 1. The summed E-state index contributed by atoms with van der Waals surface area (Å²) in [6, 6.07) is 9.28. The third-order valence-electron chi connectivity index (χ3n) is 5.89. The number of aliphatic carboxylic acids is 1. The summed E-state index contributed by atoms with van der Waals surface area (Å²) >= 11 is 5.98. The molecule has 3 unspecified atom stereocenters. The van der Waals surface area contributed by atoms with Gasteiger partial charge in [0.25, 0.3) is 12.7 Å². The average molecular weight is 578 g/mol. The summed E-state index contributed by atoms with van der Waals surface area (Å²) in [5.41, 5.74) is 7.09. The second kappa shape index (κ2) is 13.8. The Labute approximate surface area is 233 Å². The van der Waals surface area contributed by atoms with Gasteiger partial charge in [-0.05, 0) is 46.9 Å². The van der Waals surface area contributed by atoms with Gasteiger partial charge in [-0.25, -0.2) is 9.18 Å². The number of aliphatic hydroxyl groups is 1. The molecule has 3 atom stereocenters. The molecule has 14 heteroatoms. The van der Waals surface area contributed by atoms with Crippen LogP contribution in [-0.2, 0) is 20.7 Å². The number of hydrogen-bond acceptors (Lipinski definition) is 9. The maximum Gasteiger partial charge on any atom is 0.332 e. The molecule has 1 aromatic heterocycles. The lowest BCUT2D eigenvalue weighted by molar-refractivity contribution is -0.160. The molecule has 0 aliphatic rings. The van der Waals surface area contributed by atoms with E-state index in [2.05, 4.69) is 15.6 Å². The normalized spacial score (nSPS) is 13.4. The number of nitrogens with zero attached hydrogens (tertiary/aromatic N) is 3. The van der Waals surface area contributed by atoms with Crippen molar-refractivity contribution in [3.05, 3.63) is 70.8 Å². The molecule has 2 aromatic carbocycles. The van der Waals surface area contributed by atoms with Crippen LogP contribution in [-0.4, -0.2) is 68.2 Å². The third-order valence-corrected chi connectivity index (χ3v) is 6.12. The quantitative estimate of drug-likeness (QED) is 0.173. The third kappa shape index (κ3) is 8.46. The second-order valence-corrected chi connectivity index (χ2v) is 9.71. The van der Waals surface area contributed by atoms with E-state index in [1.807, 2.05) is 0 Å². The lowest BCUT2D eigenvalue weighted by atomic mass is 9.97.